The van der Waals surface area contributed by atoms with Crippen LogP contribution in [-0.4, -0.2) is 39.4 Å². The van der Waals surface area contributed by atoms with Crippen LogP contribution in [0.3, 0.4) is 0 Å². The van der Waals surface area contributed by atoms with E-state index in [0.29, 0.717) is 33.9 Å². The number of hydrogen-bond acceptors (Lipinski definition) is 7. The minimum Gasteiger partial charge on any atom is -0.493 e. The van der Waals surface area contributed by atoms with Gasteiger partial charge in [-0.3, -0.25) is 9.59 Å². The Balaban J connectivity index is 1.65. The molecule has 10 heteroatoms. The smallest absolute Gasteiger partial charge is 0.234 e. The van der Waals surface area contributed by atoms with Gasteiger partial charge in [0.1, 0.15) is 0 Å². The maximum atomic E-state index is 12.5. The molecule has 0 bridgehead atoms. The Morgan fingerprint density at radius 3 is 2.18 bits per heavy atom. The third-order valence-corrected chi connectivity index (χ3v) is 5.71. The van der Waals surface area contributed by atoms with Gasteiger partial charge in [0.2, 0.25) is 11.8 Å². The average Bonchev–Trinajstić information content (AvgIpc) is 3.23. The van der Waals surface area contributed by atoms with E-state index in [9.17, 15) is 9.59 Å². The molecule has 180 valence electrons. The highest BCUT2D eigenvalue weighted by atomic mass is 32.2. The van der Waals surface area contributed by atoms with Crippen molar-refractivity contribution in [3.05, 3.63) is 54.4 Å². The van der Waals surface area contributed by atoms with Crippen LogP contribution >= 0.6 is 11.8 Å². The van der Waals surface area contributed by atoms with Crippen LogP contribution in [0.5, 0.6) is 11.5 Å². The number of anilines is 2. The van der Waals surface area contributed by atoms with Crippen LogP contribution in [-0.2, 0) is 9.59 Å². The lowest BCUT2D eigenvalue weighted by Crippen LogP contribution is -2.16. The number of ether oxygens (including phenoxy) is 2. The number of nitrogens with zero attached hydrogens (tertiary/aromatic N) is 3. The van der Waals surface area contributed by atoms with Crippen molar-refractivity contribution >= 4 is 35.0 Å². The molecule has 34 heavy (non-hydrogen) atoms. The summed E-state index contributed by atoms with van der Waals surface area (Å²) in [5.41, 5.74) is 1.31. The van der Waals surface area contributed by atoms with E-state index in [4.69, 9.17) is 9.47 Å². The van der Waals surface area contributed by atoms with E-state index in [1.165, 1.54) is 18.7 Å². The van der Waals surface area contributed by atoms with Gasteiger partial charge in [-0.1, -0.05) is 23.9 Å². The fraction of sp³-hybridized carbons (Fsp3) is 0.333. The molecule has 1 unspecified atom stereocenters. The number of methoxy groups -OCH3 is 1. The zero-order valence-corrected chi connectivity index (χ0v) is 20.7. The van der Waals surface area contributed by atoms with Crippen molar-refractivity contribution in [3.8, 4) is 11.5 Å². The Kier molecular flexibility index (Phi) is 8.53. The van der Waals surface area contributed by atoms with E-state index in [2.05, 4.69) is 20.8 Å². The number of rotatable bonds is 10. The van der Waals surface area contributed by atoms with E-state index in [1.54, 1.807) is 31.4 Å². The number of para-hydroxylation sites is 2. The van der Waals surface area contributed by atoms with Crippen LogP contribution < -0.4 is 20.1 Å². The second-order valence-electron chi connectivity index (χ2n) is 7.81. The first-order valence-electron chi connectivity index (χ1n) is 10.8. The van der Waals surface area contributed by atoms with Gasteiger partial charge in [0.25, 0.3) is 0 Å². The van der Waals surface area contributed by atoms with Gasteiger partial charge in [0, 0.05) is 24.3 Å². The van der Waals surface area contributed by atoms with Gasteiger partial charge in [-0.15, -0.1) is 10.2 Å². The molecule has 0 fully saturated rings. The van der Waals surface area contributed by atoms with E-state index in [1.807, 2.05) is 49.6 Å². The van der Waals surface area contributed by atoms with Crippen LogP contribution in [0.15, 0.2) is 53.7 Å². The highest BCUT2D eigenvalue weighted by Gasteiger charge is 2.23. The second kappa shape index (κ2) is 11.6. The molecule has 0 aliphatic heterocycles. The van der Waals surface area contributed by atoms with Gasteiger partial charge in [-0.05, 0) is 57.2 Å². The summed E-state index contributed by atoms with van der Waals surface area (Å²) in [5, 5.41) is 14.8. The molecule has 3 aromatic rings. The van der Waals surface area contributed by atoms with E-state index in [-0.39, 0.29) is 29.7 Å². The van der Waals surface area contributed by atoms with Crippen molar-refractivity contribution in [1.82, 2.24) is 14.8 Å². The van der Waals surface area contributed by atoms with Crippen LogP contribution in [0, 0.1) is 0 Å². The summed E-state index contributed by atoms with van der Waals surface area (Å²) < 4.78 is 13.4. The lowest BCUT2D eigenvalue weighted by atomic mass is 10.3. The lowest BCUT2D eigenvalue weighted by molar-refractivity contribution is -0.114. The van der Waals surface area contributed by atoms with Crippen molar-refractivity contribution in [1.29, 1.82) is 0 Å². The standard InChI is InChI=1S/C24H29N5O4S/c1-15(2)29-23(16(3)33-21-9-7-6-8-20(21)32-5)27-28-24(29)34-14-22(31)26-19-12-10-18(11-13-19)25-17(4)30/h6-13,15-16H,14H2,1-5H3,(H,25,30)(H,26,31). The van der Waals surface area contributed by atoms with Gasteiger partial charge in [0.15, 0.2) is 28.6 Å². The first-order valence-corrected chi connectivity index (χ1v) is 11.8. The maximum absolute atomic E-state index is 12.5. The third kappa shape index (κ3) is 6.50. The Morgan fingerprint density at radius 2 is 1.59 bits per heavy atom. The predicted molar refractivity (Wildman–Crippen MR) is 133 cm³/mol. The Hall–Kier alpha value is -3.53. The molecule has 0 saturated heterocycles. The van der Waals surface area contributed by atoms with Crippen molar-refractivity contribution in [3.63, 3.8) is 0 Å². The summed E-state index contributed by atoms with van der Waals surface area (Å²) in [6.45, 7) is 7.41. The molecule has 1 atom stereocenters. The zero-order valence-electron chi connectivity index (χ0n) is 19.9. The fourth-order valence-electron chi connectivity index (χ4n) is 3.28. The molecule has 1 heterocycles. The molecular weight excluding hydrogens is 454 g/mol. The van der Waals surface area contributed by atoms with Crippen LogP contribution in [0.1, 0.15) is 45.7 Å². The Labute approximate surface area is 203 Å². The molecule has 0 spiro atoms. The number of amides is 2. The lowest BCUT2D eigenvalue weighted by Gasteiger charge is -2.19. The molecule has 2 N–H and O–H groups in total. The first-order chi connectivity index (χ1) is 16.3. The number of carbonyl (C=O) groups excluding carboxylic acids is 2. The average molecular weight is 484 g/mol. The van der Waals surface area contributed by atoms with Gasteiger partial charge >= 0.3 is 0 Å². The summed E-state index contributed by atoms with van der Waals surface area (Å²) in [5.74, 6) is 1.77. The van der Waals surface area contributed by atoms with Crippen LogP contribution in [0.25, 0.3) is 0 Å². The summed E-state index contributed by atoms with van der Waals surface area (Å²) in [6.07, 6.45) is -0.378. The predicted octanol–water partition coefficient (Wildman–Crippen LogP) is 4.70. The summed E-state index contributed by atoms with van der Waals surface area (Å²) in [4.78, 5) is 23.6. The molecule has 0 saturated carbocycles. The van der Waals surface area contributed by atoms with Gasteiger partial charge in [0.05, 0.1) is 12.9 Å². The zero-order chi connectivity index (χ0) is 24.7. The second-order valence-corrected chi connectivity index (χ2v) is 8.75. The third-order valence-electron chi connectivity index (χ3n) is 4.77. The maximum Gasteiger partial charge on any atom is 0.234 e. The fourth-order valence-corrected chi connectivity index (χ4v) is 4.15. The largest absolute Gasteiger partial charge is 0.493 e. The molecule has 9 nitrogen and oxygen atoms in total. The monoisotopic (exact) mass is 483 g/mol. The van der Waals surface area contributed by atoms with E-state index < -0.39 is 0 Å². The molecular formula is C24H29N5O4S. The van der Waals surface area contributed by atoms with Crippen molar-refractivity contribution in [2.45, 2.75) is 45.0 Å². The number of nitrogens with one attached hydrogen (secondary N) is 2. The highest BCUT2D eigenvalue weighted by molar-refractivity contribution is 7.99. The van der Waals surface area contributed by atoms with Crippen LogP contribution in [0.2, 0.25) is 0 Å². The SMILES string of the molecule is COc1ccccc1OC(C)c1nnc(SCC(=O)Nc2ccc(NC(C)=O)cc2)n1C(C)C. The topological polar surface area (TPSA) is 107 Å². The molecule has 0 radical (unpaired) electrons. The Bertz CT molecular complexity index is 1130. The first kappa shape index (κ1) is 25.1. The molecule has 3 rings (SSSR count). The minimum absolute atomic E-state index is 0.0700. The number of carbonyl (C=O) groups is 2. The number of hydrogen-bond donors (Lipinski definition) is 2. The minimum atomic E-state index is -0.378. The number of thioether (sulfide) groups is 1. The normalized spacial score (nSPS) is 11.7. The summed E-state index contributed by atoms with van der Waals surface area (Å²) in [6, 6.07) is 14.4. The Morgan fingerprint density at radius 1 is 0.971 bits per heavy atom. The van der Waals surface area contributed by atoms with Gasteiger partial charge in [-0.25, -0.2) is 0 Å². The molecule has 2 aromatic carbocycles. The summed E-state index contributed by atoms with van der Waals surface area (Å²) >= 11 is 1.31. The summed E-state index contributed by atoms with van der Waals surface area (Å²) in [7, 11) is 1.60. The van der Waals surface area contributed by atoms with Crippen LogP contribution in [0.4, 0.5) is 11.4 Å². The number of benzene rings is 2. The van der Waals surface area contributed by atoms with Crippen molar-refractivity contribution in [2.75, 3.05) is 23.5 Å². The molecule has 0 aliphatic carbocycles. The number of aromatic nitrogens is 3. The van der Waals surface area contributed by atoms with E-state index in [0.717, 1.165) is 0 Å². The molecule has 1 aromatic heterocycles. The van der Waals surface area contributed by atoms with Crippen molar-refractivity contribution < 1.29 is 19.1 Å². The van der Waals surface area contributed by atoms with E-state index >= 15 is 0 Å². The van der Waals surface area contributed by atoms with Gasteiger partial charge in [-0.2, -0.15) is 0 Å². The van der Waals surface area contributed by atoms with Gasteiger partial charge < -0.3 is 24.7 Å². The quantitative estimate of drug-likeness (QED) is 0.403. The molecule has 2 amide bonds. The van der Waals surface area contributed by atoms with Crippen molar-refractivity contribution in [2.24, 2.45) is 0 Å². The molecule has 0 aliphatic rings. The highest BCUT2D eigenvalue weighted by Crippen LogP contribution is 2.32.